The first-order valence-corrected chi connectivity index (χ1v) is 10.6. The summed E-state index contributed by atoms with van der Waals surface area (Å²) in [6.45, 7) is 0.406. The zero-order valence-corrected chi connectivity index (χ0v) is 18.2. The summed E-state index contributed by atoms with van der Waals surface area (Å²) in [5, 5.41) is 0.523. The van der Waals surface area contributed by atoms with Gasteiger partial charge in [0.1, 0.15) is 12.3 Å². The molecular weight excluding hydrogens is 487 g/mol. The SMILES string of the molecule is O=C(Oc1c(F)c(F)c(F)c(F)c1F)c1cc2c3c(ccc2[nH]1)N(C(=O)OCc1ccccc1)CC3. The molecule has 4 aromatic rings. The van der Waals surface area contributed by atoms with Crippen LogP contribution in [0.5, 0.6) is 5.75 Å². The average molecular weight is 502 g/mol. The van der Waals surface area contributed by atoms with Gasteiger partial charge >= 0.3 is 12.1 Å². The summed E-state index contributed by atoms with van der Waals surface area (Å²) in [6.07, 6.45) is -0.129. The molecule has 0 atom stereocenters. The van der Waals surface area contributed by atoms with E-state index in [9.17, 15) is 31.5 Å². The number of hydrogen-bond acceptors (Lipinski definition) is 4. The van der Waals surface area contributed by atoms with Gasteiger partial charge in [-0.25, -0.2) is 22.8 Å². The molecule has 0 aliphatic carbocycles. The van der Waals surface area contributed by atoms with E-state index in [0.717, 1.165) is 5.56 Å². The summed E-state index contributed by atoms with van der Waals surface area (Å²) in [5.74, 6) is -14.4. The number of halogens is 5. The van der Waals surface area contributed by atoms with E-state index in [1.807, 2.05) is 30.3 Å². The Labute approximate surface area is 199 Å². The fraction of sp³-hybridized carbons (Fsp3) is 0.120. The van der Waals surface area contributed by atoms with Crippen molar-refractivity contribution in [1.29, 1.82) is 0 Å². The molecule has 0 saturated carbocycles. The van der Waals surface area contributed by atoms with E-state index in [4.69, 9.17) is 4.74 Å². The second-order valence-electron chi connectivity index (χ2n) is 7.94. The molecule has 0 unspecified atom stereocenters. The van der Waals surface area contributed by atoms with E-state index < -0.39 is 46.9 Å². The van der Waals surface area contributed by atoms with Crippen LogP contribution < -0.4 is 9.64 Å². The fourth-order valence-electron chi connectivity index (χ4n) is 4.03. The molecule has 2 heterocycles. The summed E-state index contributed by atoms with van der Waals surface area (Å²) < 4.78 is 77.8. The van der Waals surface area contributed by atoms with Gasteiger partial charge in [0.2, 0.25) is 34.8 Å². The van der Waals surface area contributed by atoms with Crippen molar-refractivity contribution in [3.63, 3.8) is 0 Å². The molecule has 0 spiro atoms. The maximum atomic E-state index is 13.9. The summed E-state index contributed by atoms with van der Waals surface area (Å²) >= 11 is 0. The third-order valence-electron chi connectivity index (χ3n) is 5.78. The minimum Gasteiger partial charge on any atom is -0.444 e. The van der Waals surface area contributed by atoms with Crippen molar-refractivity contribution in [3.8, 4) is 5.75 Å². The number of benzene rings is 3. The lowest BCUT2D eigenvalue weighted by atomic mass is 10.1. The number of H-pyrrole nitrogens is 1. The van der Waals surface area contributed by atoms with E-state index in [0.29, 0.717) is 35.1 Å². The van der Waals surface area contributed by atoms with Gasteiger partial charge in [-0.05, 0) is 35.7 Å². The molecule has 0 fully saturated rings. The third-order valence-corrected chi connectivity index (χ3v) is 5.78. The van der Waals surface area contributed by atoms with Gasteiger partial charge in [0.05, 0.1) is 5.69 Å². The minimum atomic E-state index is -2.36. The van der Waals surface area contributed by atoms with Gasteiger partial charge in [0.25, 0.3) is 0 Å². The van der Waals surface area contributed by atoms with E-state index in [1.54, 1.807) is 12.1 Å². The third kappa shape index (κ3) is 3.92. The molecule has 6 nitrogen and oxygen atoms in total. The van der Waals surface area contributed by atoms with Crippen molar-refractivity contribution in [2.75, 3.05) is 11.4 Å². The van der Waals surface area contributed by atoms with Gasteiger partial charge in [-0.1, -0.05) is 30.3 Å². The molecule has 1 aliphatic heterocycles. The van der Waals surface area contributed by atoms with E-state index >= 15 is 0 Å². The molecule has 11 heteroatoms. The lowest BCUT2D eigenvalue weighted by Gasteiger charge is -2.17. The largest absolute Gasteiger partial charge is 0.444 e. The predicted octanol–water partition coefficient (Wildman–Crippen LogP) is 5.78. The maximum Gasteiger partial charge on any atom is 0.414 e. The molecule has 5 rings (SSSR count). The van der Waals surface area contributed by atoms with Gasteiger partial charge in [0.15, 0.2) is 0 Å². The topological polar surface area (TPSA) is 71.6 Å². The lowest BCUT2D eigenvalue weighted by molar-refractivity contribution is 0.0710. The molecule has 1 amide bonds. The Morgan fingerprint density at radius 1 is 0.889 bits per heavy atom. The number of ether oxygens (including phenoxy) is 2. The quantitative estimate of drug-likeness (QED) is 0.126. The molecule has 1 N–H and O–H groups in total. The number of hydrogen-bond donors (Lipinski definition) is 1. The van der Waals surface area contributed by atoms with Gasteiger partial charge < -0.3 is 14.5 Å². The van der Waals surface area contributed by atoms with E-state index in [2.05, 4.69) is 9.72 Å². The van der Waals surface area contributed by atoms with Crippen LogP contribution in [0.1, 0.15) is 21.6 Å². The predicted molar refractivity (Wildman–Crippen MR) is 117 cm³/mol. The standard InChI is InChI=1S/C25H15F5N2O4/c26-18-19(27)21(29)23(22(30)20(18)28)36-24(33)16-10-14-13-8-9-32(17(13)7-6-15(14)31-16)25(34)35-11-12-4-2-1-3-5-12/h1-7,10,31H,8-9,11H2. The van der Waals surface area contributed by atoms with E-state index in [-0.39, 0.29) is 12.3 Å². The molecular formula is C25H15F5N2O4. The first kappa shape index (κ1) is 23.3. The highest BCUT2D eigenvalue weighted by Gasteiger charge is 2.31. The first-order valence-electron chi connectivity index (χ1n) is 10.6. The number of carbonyl (C=O) groups excluding carboxylic acids is 2. The Bertz CT molecular complexity index is 1490. The van der Waals surface area contributed by atoms with Gasteiger partial charge in [0, 0.05) is 17.4 Å². The molecule has 36 heavy (non-hydrogen) atoms. The van der Waals surface area contributed by atoms with Crippen molar-refractivity contribution in [2.24, 2.45) is 0 Å². The van der Waals surface area contributed by atoms with E-state index in [1.165, 1.54) is 11.0 Å². The first-order chi connectivity index (χ1) is 17.3. The van der Waals surface area contributed by atoms with Crippen LogP contribution in [-0.4, -0.2) is 23.6 Å². The smallest absolute Gasteiger partial charge is 0.414 e. The van der Waals surface area contributed by atoms with Crippen molar-refractivity contribution in [2.45, 2.75) is 13.0 Å². The van der Waals surface area contributed by atoms with Gasteiger partial charge in [-0.15, -0.1) is 0 Å². The minimum absolute atomic E-state index is 0.0889. The van der Waals surface area contributed by atoms with Crippen LogP contribution in [0.2, 0.25) is 0 Å². The van der Waals surface area contributed by atoms with Gasteiger partial charge in [-0.3, -0.25) is 4.90 Å². The summed E-state index contributed by atoms with van der Waals surface area (Å²) in [6, 6.07) is 13.7. The van der Waals surface area contributed by atoms with Crippen LogP contribution in [0, 0.1) is 29.1 Å². The van der Waals surface area contributed by atoms with Crippen molar-refractivity contribution < 1.29 is 41.0 Å². The molecule has 1 aliphatic rings. The Morgan fingerprint density at radius 2 is 1.56 bits per heavy atom. The maximum absolute atomic E-state index is 13.9. The molecule has 0 bridgehead atoms. The number of anilines is 1. The zero-order chi connectivity index (χ0) is 25.6. The Hall–Kier alpha value is -4.41. The number of fused-ring (bicyclic) bond motifs is 3. The summed E-state index contributed by atoms with van der Waals surface area (Å²) in [5.41, 5.74) is 2.24. The number of rotatable bonds is 4. The molecule has 1 aromatic heterocycles. The van der Waals surface area contributed by atoms with Gasteiger partial charge in [-0.2, -0.15) is 8.78 Å². The highest BCUT2D eigenvalue weighted by atomic mass is 19.2. The normalized spacial score (nSPS) is 12.6. The monoisotopic (exact) mass is 502 g/mol. The second-order valence-corrected chi connectivity index (χ2v) is 7.94. The number of amides is 1. The second kappa shape index (κ2) is 8.99. The Morgan fingerprint density at radius 3 is 2.25 bits per heavy atom. The number of carbonyl (C=O) groups is 2. The molecule has 0 radical (unpaired) electrons. The van der Waals surface area contributed by atoms with Crippen molar-refractivity contribution in [3.05, 3.63) is 94.4 Å². The number of aromatic amines is 1. The molecule has 3 aromatic carbocycles. The number of nitrogens with one attached hydrogen (secondary N) is 1. The summed E-state index contributed by atoms with van der Waals surface area (Å²) in [4.78, 5) is 29.3. The highest BCUT2D eigenvalue weighted by molar-refractivity contribution is 6.01. The lowest BCUT2D eigenvalue weighted by Crippen LogP contribution is -2.29. The van der Waals surface area contributed by atoms with Crippen LogP contribution in [0.4, 0.5) is 32.4 Å². The van der Waals surface area contributed by atoms with Crippen molar-refractivity contribution >= 4 is 28.7 Å². The zero-order valence-electron chi connectivity index (χ0n) is 18.2. The van der Waals surface area contributed by atoms with Crippen LogP contribution in [0.3, 0.4) is 0 Å². The van der Waals surface area contributed by atoms with Crippen LogP contribution >= 0.6 is 0 Å². The number of nitrogens with zero attached hydrogens (tertiary/aromatic N) is 1. The summed E-state index contributed by atoms with van der Waals surface area (Å²) in [7, 11) is 0. The number of aromatic nitrogens is 1. The highest BCUT2D eigenvalue weighted by Crippen LogP contribution is 2.36. The fourth-order valence-corrected chi connectivity index (χ4v) is 4.03. The Kier molecular flexibility index (Phi) is 5.83. The Balaban J connectivity index is 1.38. The van der Waals surface area contributed by atoms with Crippen molar-refractivity contribution in [1.82, 2.24) is 4.98 Å². The number of esters is 1. The van der Waals surface area contributed by atoms with Crippen LogP contribution in [0.25, 0.3) is 10.9 Å². The average Bonchev–Trinajstić information content (AvgIpc) is 3.52. The van der Waals surface area contributed by atoms with Crippen LogP contribution in [0.15, 0.2) is 48.5 Å². The molecule has 184 valence electrons. The molecule has 0 saturated heterocycles. The van der Waals surface area contributed by atoms with Crippen LogP contribution in [-0.2, 0) is 17.8 Å².